The van der Waals surface area contributed by atoms with Crippen LogP contribution in [0.3, 0.4) is 0 Å². The highest BCUT2D eigenvalue weighted by atomic mass is 32.2. The lowest BCUT2D eigenvalue weighted by atomic mass is 10.0. The van der Waals surface area contributed by atoms with Crippen LogP contribution in [0.25, 0.3) is 0 Å². The van der Waals surface area contributed by atoms with E-state index in [0.29, 0.717) is 6.04 Å². The van der Waals surface area contributed by atoms with Gasteiger partial charge in [-0.15, -0.1) is 0 Å². The van der Waals surface area contributed by atoms with Crippen molar-refractivity contribution >= 4 is 17.7 Å². The van der Waals surface area contributed by atoms with Crippen LogP contribution < -0.4 is 11.1 Å². The Morgan fingerprint density at radius 1 is 1.37 bits per heavy atom. The van der Waals surface area contributed by atoms with Crippen molar-refractivity contribution in [3.8, 4) is 0 Å². The molecule has 0 spiro atoms. The van der Waals surface area contributed by atoms with E-state index in [2.05, 4.69) is 10.2 Å². The van der Waals surface area contributed by atoms with E-state index in [1.54, 1.807) is 11.8 Å². The zero-order valence-corrected chi connectivity index (χ0v) is 12.8. The lowest BCUT2D eigenvalue weighted by molar-refractivity contribution is -0.123. The zero-order valence-electron chi connectivity index (χ0n) is 11.9. The van der Waals surface area contributed by atoms with E-state index in [4.69, 9.17) is 5.73 Å². The third-order valence-corrected chi connectivity index (χ3v) is 4.76. The normalized spacial score (nSPS) is 23.3. The van der Waals surface area contributed by atoms with Gasteiger partial charge in [0, 0.05) is 25.7 Å². The summed E-state index contributed by atoms with van der Waals surface area (Å²) >= 11 is 1.74. The van der Waals surface area contributed by atoms with Crippen molar-refractivity contribution in [3.05, 3.63) is 0 Å². The first-order valence-electron chi connectivity index (χ1n) is 7.46. The summed E-state index contributed by atoms with van der Waals surface area (Å²) in [4.78, 5) is 14.5. The second-order valence-electron chi connectivity index (χ2n) is 5.91. The predicted octanol–water partition coefficient (Wildman–Crippen LogP) is 1.06. The Morgan fingerprint density at radius 3 is 2.63 bits per heavy atom. The Kier molecular flexibility index (Phi) is 5.98. The van der Waals surface area contributed by atoms with Crippen LogP contribution in [0.2, 0.25) is 0 Å². The maximum absolute atomic E-state index is 11.9. The number of likely N-dealkylation sites (tertiary alicyclic amines) is 1. The minimum atomic E-state index is -0.336. The molecule has 1 heterocycles. The van der Waals surface area contributed by atoms with E-state index in [9.17, 15) is 4.79 Å². The molecule has 0 aromatic heterocycles. The lowest BCUT2D eigenvalue weighted by Gasteiger charge is -2.32. The van der Waals surface area contributed by atoms with Crippen molar-refractivity contribution < 1.29 is 4.79 Å². The van der Waals surface area contributed by atoms with Crippen molar-refractivity contribution in [2.75, 3.05) is 31.6 Å². The smallest absolute Gasteiger partial charge is 0.237 e. The van der Waals surface area contributed by atoms with Gasteiger partial charge in [-0.05, 0) is 50.0 Å². The topological polar surface area (TPSA) is 58.4 Å². The number of hydrogen-bond acceptors (Lipinski definition) is 4. The third kappa shape index (κ3) is 5.32. The number of nitrogens with two attached hydrogens (primary N) is 1. The summed E-state index contributed by atoms with van der Waals surface area (Å²) in [7, 11) is 0. The molecule has 2 aliphatic rings. The Bertz CT molecular complexity index is 288. The fourth-order valence-electron chi connectivity index (χ4n) is 2.61. The molecule has 0 aromatic carbocycles. The number of carbonyl (C=O) groups is 1. The Morgan fingerprint density at radius 2 is 2.05 bits per heavy atom. The minimum Gasteiger partial charge on any atom is -0.352 e. The maximum Gasteiger partial charge on any atom is 0.237 e. The number of nitrogens with one attached hydrogen (secondary N) is 1. The van der Waals surface area contributed by atoms with Crippen molar-refractivity contribution in [3.63, 3.8) is 0 Å². The third-order valence-electron chi connectivity index (χ3n) is 4.12. The van der Waals surface area contributed by atoms with Gasteiger partial charge in [-0.2, -0.15) is 11.8 Å². The fourth-order valence-corrected chi connectivity index (χ4v) is 3.10. The molecule has 1 amide bonds. The summed E-state index contributed by atoms with van der Waals surface area (Å²) in [5.41, 5.74) is 5.89. The van der Waals surface area contributed by atoms with Crippen LogP contribution in [0.15, 0.2) is 0 Å². The highest BCUT2D eigenvalue weighted by Crippen LogP contribution is 2.30. The average molecular weight is 285 g/mol. The first-order valence-corrected chi connectivity index (χ1v) is 8.85. The first kappa shape index (κ1) is 15.1. The largest absolute Gasteiger partial charge is 0.352 e. The number of amides is 1. The van der Waals surface area contributed by atoms with Crippen molar-refractivity contribution in [2.45, 2.75) is 44.2 Å². The van der Waals surface area contributed by atoms with Crippen LogP contribution >= 0.6 is 11.8 Å². The summed E-state index contributed by atoms with van der Waals surface area (Å²) in [5.74, 6) is 1.95. The lowest BCUT2D eigenvalue weighted by Crippen LogP contribution is -2.50. The highest BCUT2D eigenvalue weighted by Gasteiger charge is 2.27. The zero-order chi connectivity index (χ0) is 13.7. The predicted molar refractivity (Wildman–Crippen MR) is 81.3 cm³/mol. The van der Waals surface area contributed by atoms with E-state index in [0.717, 1.165) is 44.0 Å². The number of piperidine rings is 1. The molecule has 1 saturated heterocycles. The van der Waals surface area contributed by atoms with Gasteiger partial charge in [0.1, 0.15) is 0 Å². The van der Waals surface area contributed by atoms with Gasteiger partial charge in [0.15, 0.2) is 0 Å². The standard InChI is InChI=1S/C14H27N3OS/c1-19-9-6-13(15)14(18)16-12-4-7-17(8-5-12)10-11-2-3-11/h11-13H,2-10,15H2,1H3,(H,16,18)/t13-/m0/s1. The van der Waals surface area contributed by atoms with Crippen molar-refractivity contribution in [1.29, 1.82) is 0 Å². The Balaban J connectivity index is 1.62. The van der Waals surface area contributed by atoms with Gasteiger partial charge in [-0.25, -0.2) is 0 Å². The van der Waals surface area contributed by atoms with Gasteiger partial charge in [0.05, 0.1) is 6.04 Å². The molecule has 19 heavy (non-hydrogen) atoms. The number of nitrogens with zero attached hydrogens (tertiary/aromatic N) is 1. The van der Waals surface area contributed by atoms with Gasteiger partial charge in [-0.3, -0.25) is 4.79 Å². The number of carbonyl (C=O) groups excluding carboxylic acids is 1. The molecule has 1 aliphatic heterocycles. The molecule has 0 bridgehead atoms. The molecule has 4 nitrogen and oxygen atoms in total. The molecule has 110 valence electrons. The summed E-state index contributed by atoms with van der Waals surface area (Å²) in [5, 5.41) is 3.12. The van der Waals surface area contributed by atoms with Crippen LogP contribution in [0.5, 0.6) is 0 Å². The van der Waals surface area contributed by atoms with Crippen LogP contribution in [0.4, 0.5) is 0 Å². The summed E-state index contributed by atoms with van der Waals surface area (Å²) in [6.45, 7) is 3.52. The van der Waals surface area contributed by atoms with Gasteiger partial charge < -0.3 is 16.0 Å². The fraction of sp³-hybridized carbons (Fsp3) is 0.929. The molecule has 1 atom stereocenters. The monoisotopic (exact) mass is 285 g/mol. The second-order valence-corrected chi connectivity index (χ2v) is 6.90. The van der Waals surface area contributed by atoms with E-state index in [1.165, 1.54) is 19.4 Å². The summed E-state index contributed by atoms with van der Waals surface area (Å²) < 4.78 is 0. The van der Waals surface area contributed by atoms with Gasteiger partial charge >= 0.3 is 0 Å². The average Bonchev–Trinajstić information content (AvgIpc) is 3.22. The molecular weight excluding hydrogens is 258 g/mol. The summed E-state index contributed by atoms with van der Waals surface area (Å²) in [6, 6.07) is 0.000210. The van der Waals surface area contributed by atoms with Crippen LogP contribution in [0.1, 0.15) is 32.1 Å². The van der Waals surface area contributed by atoms with E-state index in [-0.39, 0.29) is 11.9 Å². The second kappa shape index (κ2) is 7.50. The van der Waals surface area contributed by atoms with Crippen LogP contribution in [0, 0.1) is 5.92 Å². The maximum atomic E-state index is 11.9. The highest BCUT2D eigenvalue weighted by molar-refractivity contribution is 7.98. The van der Waals surface area contributed by atoms with Gasteiger partial charge in [-0.1, -0.05) is 0 Å². The van der Waals surface area contributed by atoms with E-state index < -0.39 is 0 Å². The quantitative estimate of drug-likeness (QED) is 0.734. The van der Waals surface area contributed by atoms with Gasteiger partial charge in [0.2, 0.25) is 5.91 Å². The van der Waals surface area contributed by atoms with Crippen molar-refractivity contribution in [1.82, 2.24) is 10.2 Å². The first-order chi connectivity index (χ1) is 9.19. The minimum absolute atomic E-state index is 0.0368. The molecule has 2 fully saturated rings. The molecule has 1 saturated carbocycles. The Hall–Kier alpha value is -0.260. The molecule has 3 N–H and O–H groups in total. The molecule has 0 unspecified atom stereocenters. The van der Waals surface area contributed by atoms with Crippen molar-refractivity contribution in [2.24, 2.45) is 11.7 Å². The van der Waals surface area contributed by atoms with E-state index in [1.807, 2.05) is 6.26 Å². The molecule has 0 radical (unpaired) electrons. The molecule has 5 heteroatoms. The number of thioether (sulfide) groups is 1. The number of hydrogen-bond donors (Lipinski definition) is 2. The molecule has 2 rings (SSSR count). The number of rotatable bonds is 7. The summed E-state index contributed by atoms with van der Waals surface area (Å²) in [6.07, 6.45) is 7.80. The van der Waals surface area contributed by atoms with Crippen LogP contribution in [-0.2, 0) is 4.79 Å². The van der Waals surface area contributed by atoms with Gasteiger partial charge in [0.25, 0.3) is 0 Å². The van der Waals surface area contributed by atoms with E-state index >= 15 is 0 Å². The SMILES string of the molecule is CSCC[C@H](N)C(=O)NC1CCN(CC2CC2)CC1. The Labute approximate surface area is 120 Å². The molecule has 1 aliphatic carbocycles. The van der Waals surface area contributed by atoms with Crippen LogP contribution in [-0.4, -0.2) is 54.5 Å². The molecular formula is C14H27N3OS. The molecule has 0 aromatic rings.